The van der Waals surface area contributed by atoms with Crippen molar-refractivity contribution in [3.05, 3.63) is 29.6 Å². The van der Waals surface area contributed by atoms with Crippen molar-refractivity contribution in [1.82, 2.24) is 4.31 Å². The fourth-order valence-electron chi connectivity index (χ4n) is 2.58. The number of benzene rings is 1. The molecular weight excluding hydrogens is 281 g/mol. The molecule has 0 aliphatic carbocycles. The van der Waals surface area contributed by atoms with Crippen molar-refractivity contribution in [3.8, 4) is 0 Å². The van der Waals surface area contributed by atoms with E-state index in [1.165, 1.54) is 23.4 Å². The lowest BCUT2D eigenvalue weighted by Crippen LogP contribution is -2.47. The van der Waals surface area contributed by atoms with E-state index in [1.807, 2.05) is 0 Å². The van der Waals surface area contributed by atoms with E-state index in [0.29, 0.717) is 18.5 Å². The Morgan fingerprint density at radius 3 is 2.70 bits per heavy atom. The lowest BCUT2D eigenvalue weighted by Gasteiger charge is -2.33. The number of aryl methyl sites for hydroxylation is 1. The average Bonchev–Trinajstić information content (AvgIpc) is 2.41. The second-order valence-corrected chi connectivity index (χ2v) is 7.01. The molecular formula is C14H18FNO3S. The van der Waals surface area contributed by atoms with Gasteiger partial charge in [-0.1, -0.05) is 12.5 Å². The van der Waals surface area contributed by atoms with Gasteiger partial charge in [0.15, 0.2) is 0 Å². The standard InChI is InChI=1S/C14H18FNO3S/c1-10-6-7-12(15)9-14(10)20(18,19)16-8-4-3-5-13(16)11(2)17/h6-7,9,13H,3-5,8H2,1-2H3. The first-order valence-corrected chi connectivity index (χ1v) is 8.06. The van der Waals surface area contributed by atoms with Crippen molar-refractivity contribution in [1.29, 1.82) is 0 Å². The lowest BCUT2D eigenvalue weighted by atomic mass is 10.0. The van der Waals surface area contributed by atoms with Gasteiger partial charge in [0.1, 0.15) is 11.6 Å². The molecule has 1 unspecified atom stereocenters. The molecule has 0 amide bonds. The summed E-state index contributed by atoms with van der Waals surface area (Å²) in [5.74, 6) is -0.757. The average molecular weight is 299 g/mol. The molecule has 1 aromatic rings. The topological polar surface area (TPSA) is 54.5 Å². The fraction of sp³-hybridized carbons (Fsp3) is 0.500. The van der Waals surface area contributed by atoms with E-state index in [2.05, 4.69) is 0 Å². The number of nitrogens with zero attached hydrogens (tertiary/aromatic N) is 1. The van der Waals surface area contributed by atoms with Crippen molar-refractivity contribution >= 4 is 15.8 Å². The van der Waals surface area contributed by atoms with Crippen LogP contribution in [0.25, 0.3) is 0 Å². The van der Waals surface area contributed by atoms with E-state index in [0.717, 1.165) is 18.9 Å². The molecule has 2 rings (SSSR count). The van der Waals surface area contributed by atoms with Gasteiger partial charge in [-0.3, -0.25) is 4.79 Å². The van der Waals surface area contributed by atoms with Crippen molar-refractivity contribution in [3.63, 3.8) is 0 Å². The zero-order valence-corrected chi connectivity index (χ0v) is 12.4. The Balaban J connectivity index is 2.47. The summed E-state index contributed by atoms with van der Waals surface area (Å²) in [4.78, 5) is 11.6. The van der Waals surface area contributed by atoms with E-state index in [4.69, 9.17) is 0 Å². The van der Waals surface area contributed by atoms with Crippen LogP contribution < -0.4 is 0 Å². The molecule has 110 valence electrons. The molecule has 6 heteroatoms. The molecule has 0 aromatic heterocycles. The lowest BCUT2D eigenvalue weighted by molar-refractivity contribution is -0.121. The molecule has 1 saturated heterocycles. The van der Waals surface area contributed by atoms with Gasteiger partial charge < -0.3 is 0 Å². The number of piperidine rings is 1. The molecule has 1 aromatic carbocycles. The Labute approximate surface area is 118 Å². The van der Waals surface area contributed by atoms with Gasteiger partial charge in [0.25, 0.3) is 0 Å². The van der Waals surface area contributed by atoms with Crippen LogP contribution in [-0.4, -0.2) is 31.1 Å². The smallest absolute Gasteiger partial charge is 0.244 e. The molecule has 4 nitrogen and oxygen atoms in total. The molecule has 0 spiro atoms. The van der Waals surface area contributed by atoms with Gasteiger partial charge in [0.05, 0.1) is 10.9 Å². The van der Waals surface area contributed by atoms with Gasteiger partial charge in [0.2, 0.25) is 10.0 Å². The minimum Gasteiger partial charge on any atom is -0.298 e. The van der Waals surface area contributed by atoms with Crippen LogP contribution in [0.4, 0.5) is 4.39 Å². The van der Waals surface area contributed by atoms with Crippen LogP contribution >= 0.6 is 0 Å². The highest BCUT2D eigenvalue weighted by atomic mass is 32.2. The van der Waals surface area contributed by atoms with Gasteiger partial charge in [-0.05, 0) is 44.4 Å². The highest BCUT2D eigenvalue weighted by Crippen LogP contribution is 2.28. The zero-order chi connectivity index (χ0) is 14.9. The Hall–Kier alpha value is -1.27. The Bertz CT molecular complexity index is 627. The third kappa shape index (κ3) is 2.76. The Morgan fingerprint density at radius 2 is 2.05 bits per heavy atom. The van der Waals surface area contributed by atoms with Gasteiger partial charge in [-0.2, -0.15) is 4.31 Å². The van der Waals surface area contributed by atoms with Gasteiger partial charge in [-0.25, -0.2) is 12.8 Å². The van der Waals surface area contributed by atoms with E-state index < -0.39 is 21.9 Å². The minimum absolute atomic E-state index is 0.0503. The Kier molecular flexibility index (Phi) is 4.25. The van der Waals surface area contributed by atoms with Crippen molar-refractivity contribution in [2.24, 2.45) is 0 Å². The van der Waals surface area contributed by atoms with E-state index in [1.54, 1.807) is 6.92 Å². The minimum atomic E-state index is -3.84. The third-order valence-corrected chi connectivity index (χ3v) is 5.71. The first kappa shape index (κ1) is 15.1. The van der Waals surface area contributed by atoms with Gasteiger partial charge in [-0.15, -0.1) is 0 Å². The summed E-state index contributed by atoms with van der Waals surface area (Å²) in [6.07, 6.45) is 2.08. The van der Waals surface area contributed by atoms with Crippen LogP contribution in [0.15, 0.2) is 23.1 Å². The number of ketones is 1. The third-order valence-electron chi connectivity index (χ3n) is 3.66. The second kappa shape index (κ2) is 5.61. The predicted octanol–water partition coefficient (Wildman–Crippen LogP) is 2.27. The highest BCUT2D eigenvalue weighted by Gasteiger charge is 2.36. The predicted molar refractivity (Wildman–Crippen MR) is 73.3 cm³/mol. The first-order chi connectivity index (χ1) is 9.34. The van der Waals surface area contributed by atoms with Crippen molar-refractivity contribution < 1.29 is 17.6 Å². The SMILES string of the molecule is CC(=O)C1CCCCN1S(=O)(=O)c1cc(F)ccc1C. The summed E-state index contributed by atoms with van der Waals surface area (Å²) in [7, 11) is -3.84. The van der Waals surface area contributed by atoms with Crippen LogP contribution in [0, 0.1) is 12.7 Å². The quantitative estimate of drug-likeness (QED) is 0.860. The van der Waals surface area contributed by atoms with Gasteiger partial charge >= 0.3 is 0 Å². The number of Topliss-reactive ketones (excluding diaryl/α,β-unsaturated/α-hetero) is 1. The highest BCUT2D eigenvalue weighted by molar-refractivity contribution is 7.89. The zero-order valence-electron chi connectivity index (χ0n) is 11.6. The number of carbonyl (C=O) groups excluding carboxylic acids is 1. The van der Waals surface area contributed by atoms with Gasteiger partial charge in [0, 0.05) is 6.54 Å². The number of rotatable bonds is 3. The summed E-state index contributed by atoms with van der Waals surface area (Å²) in [6.45, 7) is 3.33. The van der Waals surface area contributed by atoms with E-state index in [9.17, 15) is 17.6 Å². The molecule has 0 radical (unpaired) electrons. The molecule has 1 fully saturated rings. The summed E-state index contributed by atoms with van der Waals surface area (Å²) >= 11 is 0. The number of halogens is 1. The van der Waals surface area contributed by atoms with Crippen LogP contribution in [0.1, 0.15) is 31.7 Å². The molecule has 1 atom stereocenters. The first-order valence-electron chi connectivity index (χ1n) is 6.62. The Morgan fingerprint density at radius 1 is 1.35 bits per heavy atom. The monoisotopic (exact) mass is 299 g/mol. The molecule has 1 aliphatic heterocycles. The molecule has 1 aliphatic rings. The van der Waals surface area contributed by atoms with Crippen LogP contribution in [0.2, 0.25) is 0 Å². The van der Waals surface area contributed by atoms with Crippen LogP contribution in [-0.2, 0) is 14.8 Å². The number of hydrogen-bond donors (Lipinski definition) is 0. The van der Waals surface area contributed by atoms with E-state index in [-0.39, 0.29) is 10.7 Å². The molecule has 20 heavy (non-hydrogen) atoms. The summed E-state index contributed by atoms with van der Waals surface area (Å²) < 4.78 is 39.9. The number of sulfonamides is 1. The summed E-state index contributed by atoms with van der Waals surface area (Å²) in [5, 5.41) is 0. The molecule has 1 heterocycles. The maximum Gasteiger partial charge on any atom is 0.244 e. The summed E-state index contributed by atoms with van der Waals surface area (Å²) in [6, 6.07) is 3.06. The maximum absolute atomic E-state index is 13.4. The molecule has 0 saturated carbocycles. The van der Waals surface area contributed by atoms with Crippen LogP contribution in [0.3, 0.4) is 0 Å². The molecule has 0 N–H and O–H groups in total. The van der Waals surface area contributed by atoms with E-state index >= 15 is 0 Å². The second-order valence-electron chi connectivity index (χ2n) is 5.15. The largest absolute Gasteiger partial charge is 0.298 e. The number of carbonyl (C=O) groups is 1. The van der Waals surface area contributed by atoms with Crippen molar-refractivity contribution in [2.45, 2.75) is 44.0 Å². The summed E-state index contributed by atoms with van der Waals surface area (Å²) in [5.41, 5.74) is 0.485. The maximum atomic E-state index is 13.4. The van der Waals surface area contributed by atoms with Crippen molar-refractivity contribution in [2.75, 3.05) is 6.54 Å². The normalized spacial score (nSPS) is 20.9. The van der Waals surface area contributed by atoms with Crippen LogP contribution in [0.5, 0.6) is 0 Å². The number of hydrogen-bond acceptors (Lipinski definition) is 3. The molecule has 0 bridgehead atoms. The fourth-order valence-corrected chi connectivity index (χ4v) is 4.52.